The second-order valence-electron chi connectivity index (χ2n) is 5.06. The summed E-state index contributed by atoms with van der Waals surface area (Å²) in [6.07, 6.45) is 0. The van der Waals surface area contributed by atoms with Crippen LogP contribution in [0.3, 0.4) is 0 Å². The number of halogens is 1. The highest BCUT2D eigenvalue weighted by molar-refractivity contribution is 5.41. The number of hydrogen-bond acceptors (Lipinski definition) is 4. The molecule has 0 aliphatic carbocycles. The number of aromatic nitrogens is 2. The van der Waals surface area contributed by atoms with Crippen LogP contribution in [0, 0.1) is 12.7 Å². The van der Waals surface area contributed by atoms with Gasteiger partial charge in [0.15, 0.2) is 0 Å². The quantitative estimate of drug-likeness (QED) is 0.818. The molecule has 0 saturated heterocycles. The summed E-state index contributed by atoms with van der Waals surface area (Å²) in [6.45, 7) is 4.89. The van der Waals surface area contributed by atoms with Gasteiger partial charge in [-0.1, -0.05) is 0 Å². The van der Waals surface area contributed by atoms with Gasteiger partial charge in [0.1, 0.15) is 11.6 Å². The Hall–Kier alpha value is -1.92. The Kier molecular flexibility index (Phi) is 5.51. The molecule has 3 N–H and O–H groups in total. The van der Waals surface area contributed by atoms with Crippen molar-refractivity contribution in [3.63, 3.8) is 0 Å². The molecule has 1 atom stereocenters. The summed E-state index contributed by atoms with van der Waals surface area (Å²) in [5, 5.41) is 13.5. The molecule has 0 aliphatic rings. The number of aryl methyl sites for hydroxylation is 1. The standard InChI is InChI=1S/C16H22FN3O2/c1-3-22-16-5-4-12(17)9-13(16)14(10-18)15-8-11(2)19-20(15)6-7-21/h4-5,8-9,14,21H,3,6-7,10,18H2,1-2H3. The highest BCUT2D eigenvalue weighted by Crippen LogP contribution is 2.32. The number of benzene rings is 1. The van der Waals surface area contributed by atoms with E-state index in [1.807, 2.05) is 19.9 Å². The highest BCUT2D eigenvalue weighted by atomic mass is 19.1. The smallest absolute Gasteiger partial charge is 0.123 e. The lowest BCUT2D eigenvalue weighted by atomic mass is 9.94. The minimum atomic E-state index is -0.332. The molecule has 6 heteroatoms. The zero-order valence-corrected chi connectivity index (χ0v) is 12.9. The molecule has 2 rings (SSSR count). The summed E-state index contributed by atoms with van der Waals surface area (Å²) < 4.78 is 21.0. The number of hydrogen-bond donors (Lipinski definition) is 2. The van der Waals surface area contributed by atoms with Crippen molar-refractivity contribution in [1.82, 2.24) is 9.78 Å². The van der Waals surface area contributed by atoms with Crippen molar-refractivity contribution in [3.05, 3.63) is 47.0 Å². The lowest BCUT2D eigenvalue weighted by Gasteiger charge is -2.20. The SMILES string of the molecule is CCOc1ccc(F)cc1C(CN)c1cc(C)nn1CCO. The van der Waals surface area contributed by atoms with E-state index >= 15 is 0 Å². The monoisotopic (exact) mass is 307 g/mol. The molecule has 0 amide bonds. The molecule has 1 aromatic heterocycles. The van der Waals surface area contributed by atoms with Crippen LogP contribution in [-0.4, -0.2) is 34.6 Å². The average molecular weight is 307 g/mol. The summed E-state index contributed by atoms with van der Waals surface area (Å²) in [5.74, 6) is 0.0422. The molecule has 2 aromatic rings. The minimum Gasteiger partial charge on any atom is -0.494 e. The zero-order chi connectivity index (χ0) is 16.1. The third kappa shape index (κ3) is 3.45. The Balaban J connectivity index is 2.50. The summed E-state index contributed by atoms with van der Waals surface area (Å²) >= 11 is 0. The number of aliphatic hydroxyl groups is 1. The van der Waals surface area contributed by atoms with E-state index in [1.165, 1.54) is 12.1 Å². The first-order chi connectivity index (χ1) is 10.6. The second-order valence-corrected chi connectivity index (χ2v) is 5.06. The van der Waals surface area contributed by atoms with E-state index in [-0.39, 0.29) is 18.3 Å². The zero-order valence-electron chi connectivity index (χ0n) is 12.9. The van der Waals surface area contributed by atoms with E-state index in [0.29, 0.717) is 31.0 Å². The number of aliphatic hydroxyl groups excluding tert-OH is 1. The van der Waals surface area contributed by atoms with Crippen molar-refractivity contribution in [2.75, 3.05) is 19.8 Å². The van der Waals surface area contributed by atoms with E-state index < -0.39 is 0 Å². The molecule has 1 unspecified atom stereocenters. The Morgan fingerprint density at radius 2 is 2.18 bits per heavy atom. The molecule has 0 aliphatic heterocycles. The molecule has 0 radical (unpaired) electrons. The van der Waals surface area contributed by atoms with Gasteiger partial charge < -0.3 is 15.6 Å². The normalized spacial score (nSPS) is 12.4. The summed E-state index contributed by atoms with van der Waals surface area (Å²) in [4.78, 5) is 0. The van der Waals surface area contributed by atoms with Crippen molar-refractivity contribution in [1.29, 1.82) is 0 Å². The van der Waals surface area contributed by atoms with Crippen molar-refractivity contribution in [2.45, 2.75) is 26.3 Å². The van der Waals surface area contributed by atoms with Crippen LogP contribution in [0.25, 0.3) is 0 Å². The molecular weight excluding hydrogens is 285 g/mol. The lowest BCUT2D eigenvalue weighted by molar-refractivity contribution is 0.266. The fourth-order valence-electron chi connectivity index (χ4n) is 2.61. The highest BCUT2D eigenvalue weighted by Gasteiger charge is 2.22. The van der Waals surface area contributed by atoms with Crippen LogP contribution in [0.2, 0.25) is 0 Å². The molecule has 22 heavy (non-hydrogen) atoms. The molecule has 0 fully saturated rings. The van der Waals surface area contributed by atoms with Crippen LogP contribution in [0.4, 0.5) is 4.39 Å². The van der Waals surface area contributed by atoms with Gasteiger partial charge in [0.2, 0.25) is 0 Å². The first kappa shape index (κ1) is 16.5. The maximum absolute atomic E-state index is 13.7. The maximum atomic E-state index is 13.7. The van der Waals surface area contributed by atoms with Crippen molar-refractivity contribution in [2.24, 2.45) is 5.73 Å². The molecule has 120 valence electrons. The molecule has 0 bridgehead atoms. The fraction of sp³-hybridized carbons (Fsp3) is 0.438. The van der Waals surface area contributed by atoms with Crippen LogP contribution in [-0.2, 0) is 6.54 Å². The van der Waals surface area contributed by atoms with E-state index in [2.05, 4.69) is 5.10 Å². The van der Waals surface area contributed by atoms with Gasteiger partial charge in [-0.05, 0) is 38.1 Å². The summed E-state index contributed by atoms with van der Waals surface area (Å²) in [7, 11) is 0. The molecule has 0 saturated carbocycles. The van der Waals surface area contributed by atoms with E-state index in [9.17, 15) is 9.50 Å². The third-order valence-corrected chi connectivity index (χ3v) is 3.48. The van der Waals surface area contributed by atoms with Gasteiger partial charge in [0.25, 0.3) is 0 Å². The molecule has 0 spiro atoms. The number of nitrogens with two attached hydrogens (primary N) is 1. The number of ether oxygens (including phenoxy) is 1. The summed E-state index contributed by atoms with van der Waals surface area (Å²) in [5.41, 5.74) is 8.32. The van der Waals surface area contributed by atoms with E-state index in [0.717, 1.165) is 11.4 Å². The van der Waals surface area contributed by atoms with Crippen molar-refractivity contribution < 1.29 is 14.2 Å². The van der Waals surface area contributed by atoms with Gasteiger partial charge in [-0.2, -0.15) is 5.10 Å². The fourth-order valence-corrected chi connectivity index (χ4v) is 2.61. The van der Waals surface area contributed by atoms with Crippen LogP contribution in [0.5, 0.6) is 5.75 Å². The molecular formula is C16H22FN3O2. The van der Waals surface area contributed by atoms with Gasteiger partial charge in [-0.15, -0.1) is 0 Å². The molecule has 1 heterocycles. The third-order valence-electron chi connectivity index (χ3n) is 3.48. The topological polar surface area (TPSA) is 73.3 Å². The van der Waals surface area contributed by atoms with Gasteiger partial charge in [-0.3, -0.25) is 4.68 Å². The predicted octanol–water partition coefficient (Wildman–Crippen LogP) is 1.81. The van der Waals surface area contributed by atoms with Gasteiger partial charge in [0, 0.05) is 23.7 Å². The maximum Gasteiger partial charge on any atom is 0.123 e. The summed E-state index contributed by atoms with van der Waals surface area (Å²) in [6, 6.07) is 6.36. The largest absolute Gasteiger partial charge is 0.494 e. The van der Waals surface area contributed by atoms with Crippen LogP contribution in [0.15, 0.2) is 24.3 Å². The van der Waals surface area contributed by atoms with Gasteiger partial charge >= 0.3 is 0 Å². The Morgan fingerprint density at radius 1 is 1.41 bits per heavy atom. The Morgan fingerprint density at radius 3 is 2.82 bits per heavy atom. The number of nitrogens with zero attached hydrogens (tertiary/aromatic N) is 2. The molecule has 5 nitrogen and oxygen atoms in total. The van der Waals surface area contributed by atoms with Gasteiger partial charge in [0.05, 0.1) is 25.5 Å². The first-order valence-electron chi connectivity index (χ1n) is 7.38. The van der Waals surface area contributed by atoms with Gasteiger partial charge in [-0.25, -0.2) is 4.39 Å². The first-order valence-corrected chi connectivity index (χ1v) is 7.38. The lowest BCUT2D eigenvalue weighted by Crippen LogP contribution is -2.20. The van der Waals surface area contributed by atoms with Crippen molar-refractivity contribution in [3.8, 4) is 5.75 Å². The Bertz CT molecular complexity index is 628. The molecule has 1 aromatic carbocycles. The Labute approximate surface area is 129 Å². The number of rotatable bonds is 7. The van der Waals surface area contributed by atoms with E-state index in [1.54, 1.807) is 10.7 Å². The minimum absolute atomic E-state index is 0.0210. The van der Waals surface area contributed by atoms with Crippen LogP contribution in [0.1, 0.15) is 29.8 Å². The average Bonchev–Trinajstić information content (AvgIpc) is 2.84. The van der Waals surface area contributed by atoms with Crippen LogP contribution < -0.4 is 10.5 Å². The van der Waals surface area contributed by atoms with Crippen LogP contribution >= 0.6 is 0 Å². The second kappa shape index (κ2) is 7.38. The van der Waals surface area contributed by atoms with E-state index in [4.69, 9.17) is 10.5 Å². The predicted molar refractivity (Wildman–Crippen MR) is 82.5 cm³/mol. The van der Waals surface area contributed by atoms with Crippen molar-refractivity contribution >= 4 is 0 Å².